The third kappa shape index (κ3) is 5.14. The van der Waals surface area contributed by atoms with Crippen molar-refractivity contribution in [1.82, 2.24) is 15.0 Å². The number of nitrogens with zero attached hydrogens (tertiary/aromatic N) is 3. The number of nitrogens with one attached hydrogen (secondary N) is 1. The molecule has 1 amide bonds. The summed E-state index contributed by atoms with van der Waals surface area (Å²) in [6.07, 6.45) is 1.08. The number of amides is 1. The number of anilines is 1. The van der Waals surface area contributed by atoms with Crippen LogP contribution in [0.2, 0.25) is 0 Å². The Morgan fingerprint density at radius 2 is 1.64 bits per heavy atom. The van der Waals surface area contributed by atoms with Crippen LogP contribution in [-0.2, 0) is 4.79 Å². The summed E-state index contributed by atoms with van der Waals surface area (Å²) in [5, 5.41) is 12.0. The molecule has 0 fully saturated rings. The second-order valence-electron chi connectivity index (χ2n) is 8.06. The minimum absolute atomic E-state index is 0.0707. The van der Waals surface area contributed by atoms with E-state index in [0.29, 0.717) is 22.9 Å². The fourth-order valence-corrected chi connectivity index (χ4v) is 3.50. The number of carbonyl (C=O) groups is 1. The lowest BCUT2D eigenvalue weighted by Gasteiger charge is -2.11. The van der Waals surface area contributed by atoms with E-state index in [1.807, 2.05) is 67.6 Å². The van der Waals surface area contributed by atoms with Crippen molar-refractivity contribution >= 4 is 22.6 Å². The lowest BCUT2D eigenvalue weighted by atomic mass is 9.99. The van der Waals surface area contributed by atoms with Gasteiger partial charge in [0.25, 0.3) is 5.91 Å². The molecule has 3 aromatic carbocycles. The number of aryl methyl sites for hydroxylation is 1. The maximum absolute atomic E-state index is 12.5. The Morgan fingerprint density at radius 3 is 2.27 bits per heavy atom. The van der Waals surface area contributed by atoms with E-state index in [2.05, 4.69) is 29.4 Å². The molecule has 0 radical (unpaired) electrons. The van der Waals surface area contributed by atoms with Gasteiger partial charge in [0.1, 0.15) is 22.5 Å². The molecular formula is C26H28N4O3. The first kappa shape index (κ1) is 22.3. The summed E-state index contributed by atoms with van der Waals surface area (Å²) in [5.41, 5.74) is 5.11. The van der Waals surface area contributed by atoms with Gasteiger partial charge in [-0.1, -0.05) is 26.0 Å². The fraction of sp³-hybridized carbons (Fsp3) is 0.269. The molecule has 7 nitrogen and oxygen atoms in total. The fourth-order valence-electron chi connectivity index (χ4n) is 3.50. The molecule has 33 heavy (non-hydrogen) atoms. The van der Waals surface area contributed by atoms with Gasteiger partial charge in [-0.3, -0.25) is 4.79 Å². The number of benzene rings is 3. The van der Waals surface area contributed by atoms with Crippen molar-refractivity contribution in [2.24, 2.45) is 0 Å². The zero-order valence-corrected chi connectivity index (χ0v) is 19.3. The molecule has 0 bridgehead atoms. The van der Waals surface area contributed by atoms with Crippen molar-refractivity contribution in [2.45, 2.75) is 33.1 Å². The largest absolute Gasteiger partial charge is 0.497 e. The Bertz CT molecular complexity index is 1250. The average molecular weight is 445 g/mol. The van der Waals surface area contributed by atoms with Crippen molar-refractivity contribution in [3.8, 4) is 17.2 Å². The first-order valence-corrected chi connectivity index (χ1v) is 11.0. The van der Waals surface area contributed by atoms with Gasteiger partial charge in [0.05, 0.1) is 12.8 Å². The molecule has 0 saturated carbocycles. The molecule has 170 valence electrons. The maximum atomic E-state index is 12.5. The second-order valence-corrected chi connectivity index (χ2v) is 8.06. The number of fused-ring (bicyclic) bond motifs is 1. The Hall–Kier alpha value is -3.87. The highest BCUT2D eigenvalue weighted by molar-refractivity contribution is 5.95. The lowest BCUT2D eigenvalue weighted by molar-refractivity contribution is -0.118. The molecule has 4 rings (SSSR count). The Kier molecular flexibility index (Phi) is 6.58. The van der Waals surface area contributed by atoms with Crippen LogP contribution in [0.5, 0.6) is 11.5 Å². The number of methoxy groups -OCH3 is 1. The minimum atomic E-state index is -0.231. The van der Waals surface area contributed by atoms with E-state index in [4.69, 9.17) is 9.47 Å². The van der Waals surface area contributed by atoms with Crippen molar-refractivity contribution in [3.05, 3.63) is 71.8 Å². The molecule has 1 atom stereocenters. The lowest BCUT2D eigenvalue weighted by Crippen LogP contribution is -2.20. The highest BCUT2D eigenvalue weighted by Gasteiger charge is 2.12. The summed E-state index contributed by atoms with van der Waals surface area (Å²) in [7, 11) is 1.63. The number of hydrogen-bond donors (Lipinski definition) is 1. The normalized spacial score (nSPS) is 11.9. The van der Waals surface area contributed by atoms with Crippen LogP contribution in [0.1, 0.15) is 37.3 Å². The van der Waals surface area contributed by atoms with Gasteiger partial charge in [0.15, 0.2) is 6.61 Å². The second kappa shape index (κ2) is 9.73. The SMILES string of the molecule is CCC(C)c1ccc(OCC(=O)Nc2cc3nn(-c4ccc(OC)cc4)nc3cc2C)cc1. The topological polar surface area (TPSA) is 78.3 Å². The van der Waals surface area contributed by atoms with Gasteiger partial charge in [-0.05, 0) is 78.9 Å². The third-order valence-electron chi connectivity index (χ3n) is 5.74. The standard InChI is InChI=1S/C26H28N4O3/c1-5-17(2)19-6-10-22(11-7-19)33-16-26(31)27-23-15-25-24(14-18(23)3)28-30(29-25)20-8-12-21(32-4)13-9-20/h6-15,17H,5,16H2,1-4H3,(H,27,31). The molecule has 1 aromatic heterocycles. The molecule has 1 heterocycles. The van der Waals surface area contributed by atoms with E-state index in [0.717, 1.165) is 28.9 Å². The van der Waals surface area contributed by atoms with E-state index >= 15 is 0 Å². The van der Waals surface area contributed by atoms with Crippen LogP contribution in [0.4, 0.5) is 5.69 Å². The summed E-state index contributed by atoms with van der Waals surface area (Å²) in [6.45, 7) is 6.21. The summed E-state index contributed by atoms with van der Waals surface area (Å²) in [6, 6.07) is 19.1. The van der Waals surface area contributed by atoms with Gasteiger partial charge in [-0.15, -0.1) is 10.2 Å². The molecule has 0 spiro atoms. The molecule has 1 N–H and O–H groups in total. The van der Waals surface area contributed by atoms with E-state index < -0.39 is 0 Å². The summed E-state index contributed by atoms with van der Waals surface area (Å²) in [4.78, 5) is 14.1. The predicted molar refractivity (Wildman–Crippen MR) is 129 cm³/mol. The number of carbonyl (C=O) groups excluding carboxylic acids is 1. The number of rotatable bonds is 8. The molecule has 0 saturated heterocycles. The van der Waals surface area contributed by atoms with E-state index in [-0.39, 0.29) is 12.5 Å². The smallest absolute Gasteiger partial charge is 0.262 e. The van der Waals surface area contributed by atoms with Crippen LogP contribution in [-0.4, -0.2) is 34.6 Å². The summed E-state index contributed by atoms with van der Waals surface area (Å²) in [5.74, 6) is 1.71. The first-order chi connectivity index (χ1) is 16.0. The average Bonchev–Trinajstić information content (AvgIpc) is 3.25. The van der Waals surface area contributed by atoms with Gasteiger partial charge < -0.3 is 14.8 Å². The summed E-state index contributed by atoms with van der Waals surface area (Å²) < 4.78 is 10.9. The van der Waals surface area contributed by atoms with Gasteiger partial charge in [0, 0.05) is 5.69 Å². The van der Waals surface area contributed by atoms with Crippen LogP contribution in [0.15, 0.2) is 60.7 Å². The maximum Gasteiger partial charge on any atom is 0.262 e. The van der Waals surface area contributed by atoms with Crippen LogP contribution in [0.25, 0.3) is 16.7 Å². The Labute approximate surface area is 193 Å². The first-order valence-electron chi connectivity index (χ1n) is 11.0. The third-order valence-corrected chi connectivity index (χ3v) is 5.74. The predicted octanol–water partition coefficient (Wildman–Crippen LogP) is 5.27. The molecule has 0 aliphatic rings. The van der Waals surface area contributed by atoms with Crippen LogP contribution >= 0.6 is 0 Å². The highest BCUT2D eigenvalue weighted by atomic mass is 16.5. The van der Waals surface area contributed by atoms with Gasteiger partial charge in [-0.2, -0.15) is 4.80 Å². The molecule has 7 heteroatoms. The molecule has 4 aromatic rings. The van der Waals surface area contributed by atoms with Crippen molar-refractivity contribution in [3.63, 3.8) is 0 Å². The molecular weight excluding hydrogens is 416 g/mol. The van der Waals surface area contributed by atoms with Crippen molar-refractivity contribution in [1.29, 1.82) is 0 Å². The van der Waals surface area contributed by atoms with Crippen molar-refractivity contribution in [2.75, 3.05) is 19.0 Å². The van der Waals surface area contributed by atoms with E-state index in [1.54, 1.807) is 11.9 Å². The van der Waals surface area contributed by atoms with Crippen LogP contribution in [0, 0.1) is 6.92 Å². The monoisotopic (exact) mass is 444 g/mol. The highest BCUT2D eigenvalue weighted by Crippen LogP contribution is 2.24. The number of hydrogen-bond acceptors (Lipinski definition) is 5. The minimum Gasteiger partial charge on any atom is -0.497 e. The van der Waals surface area contributed by atoms with Crippen LogP contribution < -0.4 is 14.8 Å². The van der Waals surface area contributed by atoms with E-state index in [9.17, 15) is 4.79 Å². The molecule has 0 aliphatic heterocycles. The zero-order chi connectivity index (χ0) is 23.4. The van der Waals surface area contributed by atoms with E-state index in [1.165, 1.54) is 5.56 Å². The quantitative estimate of drug-likeness (QED) is 0.401. The zero-order valence-electron chi connectivity index (χ0n) is 19.3. The Morgan fingerprint density at radius 1 is 1.00 bits per heavy atom. The molecule has 1 unspecified atom stereocenters. The number of aromatic nitrogens is 3. The number of ether oxygens (including phenoxy) is 2. The van der Waals surface area contributed by atoms with Gasteiger partial charge in [-0.25, -0.2) is 0 Å². The van der Waals surface area contributed by atoms with Crippen molar-refractivity contribution < 1.29 is 14.3 Å². The van der Waals surface area contributed by atoms with Gasteiger partial charge in [0.2, 0.25) is 0 Å². The van der Waals surface area contributed by atoms with Crippen LogP contribution in [0.3, 0.4) is 0 Å². The summed E-state index contributed by atoms with van der Waals surface area (Å²) >= 11 is 0. The molecule has 0 aliphatic carbocycles. The Balaban J connectivity index is 1.43. The van der Waals surface area contributed by atoms with Gasteiger partial charge >= 0.3 is 0 Å².